The van der Waals surface area contributed by atoms with E-state index in [1.807, 2.05) is 0 Å². The lowest BCUT2D eigenvalue weighted by atomic mass is 10.2. The summed E-state index contributed by atoms with van der Waals surface area (Å²) in [5.41, 5.74) is -0.181. The maximum atomic E-state index is 12.2. The average Bonchev–Trinajstić information content (AvgIpc) is 2.62. The van der Waals surface area contributed by atoms with E-state index >= 15 is 0 Å². The zero-order chi connectivity index (χ0) is 18.4. The molecule has 1 N–H and O–H groups in total. The van der Waals surface area contributed by atoms with Crippen molar-refractivity contribution < 1.29 is 24.0 Å². The number of ether oxygens (including phenoxy) is 2. The number of carbonyl (C=O) groups is 2. The van der Waals surface area contributed by atoms with Gasteiger partial charge in [0.1, 0.15) is 5.75 Å². The highest BCUT2D eigenvalue weighted by atomic mass is 16.6. The van der Waals surface area contributed by atoms with Crippen LogP contribution in [-0.4, -0.2) is 40.0 Å². The summed E-state index contributed by atoms with van der Waals surface area (Å²) in [6.07, 6.45) is 2.74. The number of methoxy groups -OCH3 is 1. The Balaban J connectivity index is 2.09. The first kappa shape index (κ1) is 17.8. The number of nitrogens with zero attached hydrogens (tertiary/aromatic N) is 3. The molecule has 1 aromatic heterocycles. The summed E-state index contributed by atoms with van der Waals surface area (Å²) in [5, 5.41) is 13.3. The number of aromatic nitrogens is 2. The van der Waals surface area contributed by atoms with Crippen LogP contribution in [-0.2, 0) is 9.53 Å². The van der Waals surface area contributed by atoms with Gasteiger partial charge in [0.25, 0.3) is 11.6 Å². The van der Waals surface area contributed by atoms with Crippen LogP contribution in [0.3, 0.4) is 0 Å². The molecule has 0 spiro atoms. The van der Waals surface area contributed by atoms with Crippen molar-refractivity contribution >= 4 is 23.3 Å². The van der Waals surface area contributed by atoms with Crippen LogP contribution >= 0.6 is 0 Å². The Labute approximate surface area is 142 Å². The Morgan fingerprint density at radius 3 is 2.68 bits per heavy atom. The van der Waals surface area contributed by atoms with Gasteiger partial charge in [-0.15, -0.1) is 0 Å². The molecule has 0 aliphatic carbocycles. The molecular formula is C15H14N4O6. The second-order valence-corrected chi connectivity index (χ2v) is 4.77. The molecule has 0 radical (unpaired) electrons. The van der Waals surface area contributed by atoms with E-state index in [1.165, 1.54) is 44.8 Å². The van der Waals surface area contributed by atoms with Crippen LogP contribution < -0.4 is 10.1 Å². The first-order valence-electron chi connectivity index (χ1n) is 7.02. The van der Waals surface area contributed by atoms with Gasteiger partial charge in [-0.3, -0.25) is 19.9 Å². The minimum atomic E-state index is -1.17. The largest absolute Gasteiger partial charge is 0.495 e. The second kappa shape index (κ2) is 7.81. The molecule has 1 atom stereocenters. The van der Waals surface area contributed by atoms with Gasteiger partial charge in [0.2, 0.25) is 0 Å². The van der Waals surface area contributed by atoms with Crippen molar-refractivity contribution in [3.63, 3.8) is 0 Å². The lowest BCUT2D eigenvalue weighted by Gasteiger charge is -2.14. The number of esters is 1. The Kier molecular flexibility index (Phi) is 5.56. The van der Waals surface area contributed by atoms with Crippen LogP contribution in [0.5, 0.6) is 5.75 Å². The minimum absolute atomic E-state index is 0.0462. The van der Waals surface area contributed by atoms with E-state index in [9.17, 15) is 19.7 Å². The van der Waals surface area contributed by atoms with Crippen molar-refractivity contribution in [3.05, 3.63) is 52.6 Å². The molecule has 0 aliphatic rings. The number of nitro groups is 1. The molecule has 25 heavy (non-hydrogen) atoms. The lowest BCUT2D eigenvalue weighted by molar-refractivity contribution is -0.384. The quantitative estimate of drug-likeness (QED) is 0.473. The molecule has 0 saturated carbocycles. The van der Waals surface area contributed by atoms with Gasteiger partial charge in [-0.25, -0.2) is 9.78 Å². The standard InChI is InChI=1S/C15H14N4O6/c1-9(25-15(21)12-8-16-5-6-17-12)14(20)18-11-7-10(19(22)23)3-4-13(11)24-2/h3-9H,1-2H3,(H,18,20)/t9-/m0/s1. The van der Waals surface area contributed by atoms with E-state index < -0.39 is 22.9 Å². The number of hydrogen-bond acceptors (Lipinski definition) is 8. The molecule has 0 aliphatic heterocycles. The van der Waals surface area contributed by atoms with Gasteiger partial charge in [-0.2, -0.15) is 0 Å². The van der Waals surface area contributed by atoms with E-state index in [4.69, 9.17) is 9.47 Å². The third-order valence-corrected chi connectivity index (χ3v) is 3.08. The molecule has 2 rings (SSSR count). The molecule has 130 valence electrons. The van der Waals surface area contributed by atoms with Gasteiger partial charge in [0.05, 0.1) is 23.9 Å². The smallest absolute Gasteiger partial charge is 0.359 e. The molecule has 10 heteroatoms. The predicted molar refractivity (Wildman–Crippen MR) is 85.2 cm³/mol. The molecule has 0 bridgehead atoms. The number of rotatable bonds is 6. The monoisotopic (exact) mass is 346 g/mol. The molecule has 0 saturated heterocycles. The van der Waals surface area contributed by atoms with Gasteiger partial charge >= 0.3 is 5.97 Å². The van der Waals surface area contributed by atoms with Crippen molar-refractivity contribution in [1.82, 2.24) is 9.97 Å². The molecule has 2 aromatic rings. The highest BCUT2D eigenvalue weighted by Gasteiger charge is 2.22. The van der Waals surface area contributed by atoms with E-state index in [0.29, 0.717) is 0 Å². The van der Waals surface area contributed by atoms with Gasteiger partial charge in [-0.05, 0) is 13.0 Å². The summed E-state index contributed by atoms with van der Waals surface area (Å²) in [7, 11) is 1.36. The van der Waals surface area contributed by atoms with Gasteiger partial charge < -0.3 is 14.8 Å². The zero-order valence-electron chi connectivity index (χ0n) is 13.3. The summed E-state index contributed by atoms with van der Waals surface area (Å²) in [6, 6.07) is 3.74. The predicted octanol–water partition coefficient (Wildman–Crippen LogP) is 1.58. The number of hydrogen-bond donors (Lipinski definition) is 1. The first-order valence-corrected chi connectivity index (χ1v) is 7.02. The number of anilines is 1. The number of nitro benzene ring substituents is 1. The number of non-ortho nitro benzene ring substituents is 1. The van der Waals surface area contributed by atoms with Crippen molar-refractivity contribution in [2.45, 2.75) is 13.0 Å². The number of benzene rings is 1. The molecule has 0 unspecified atom stereocenters. The van der Waals surface area contributed by atoms with Crippen LogP contribution in [0.25, 0.3) is 0 Å². The van der Waals surface area contributed by atoms with Crippen molar-refractivity contribution in [2.75, 3.05) is 12.4 Å². The summed E-state index contributed by atoms with van der Waals surface area (Å²) in [4.78, 5) is 41.8. The molecule has 1 aromatic carbocycles. The fraction of sp³-hybridized carbons (Fsp3) is 0.200. The lowest BCUT2D eigenvalue weighted by Crippen LogP contribution is -2.30. The first-order chi connectivity index (χ1) is 11.9. The van der Waals surface area contributed by atoms with Crippen LogP contribution in [0.4, 0.5) is 11.4 Å². The number of carbonyl (C=O) groups excluding carboxylic acids is 2. The maximum Gasteiger partial charge on any atom is 0.359 e. The molecule has 10 nitrogen and oxygen atoms in total. The fourth-order valence-corrected chi connectivity index (χ4v) is 1.82. The van der Waals surface area contributed by atoms with E-state index in [1.54, 1.807) is 0 Å². The highest BCUT2D eigenvalue weighted by Crippen LogP contribution is 2.29. The zero-order valence-corrected chi connectivity index (χ0v) is 13.3. The van der Waals surface area contributed by atoms with Gasteiger partial charge in [-0.1, -0.05) is 0 Å². The van der Waals surface area contributed by atoms with Crippen LogP contribution in [0.2, 0.25) is 0 Å². The van der Waals surface area contributed by atoms with E-state index in [0.717, 1.165) is 6.07 Å². The Bertz CT molecular complexity index is 796. The molecule has 0 fully saturated rings. The Morgan fingerprint density at radius 2 is 2.08 bits per heavy atom. The Morgan fingerprint density at radius 1 is 1.32 bits per heavy atom. The maximum absolute atomic E-state index is 12.2. The third-order valence-electron chi connectivity index (χ3n) is 3.08. The number of nitrogens with one attached hydrogen (secondary N) is 1. The molecule has 1 heterocycles. The van der Waals surface area contributed by atoms with Crippen LogP contribution in [0.1, 0.15) is 17.4 Å². The summed E-state index contributed by atoms with van der Waals surface area (Å²) >= 11 is 0. The Hall–Kier alpha value is -3.56. The highest BCUT2D eigenvalue weighted by molar-refractivity contribution is 5.97. The fourth-order valence-electron chi connectivity index (χ4n) is 1.82. The second-order valence-electron chi connectivity index (χ2n) is 4.77. The van der Waals surface area contributed by atoms with E-state index in [2.05, 4.69) is 15.3 Å². The summed E-state index contributed by atoms with van der Waals surface area (Å²) < 4.78 is 10.0. The van der Waals surface area contributed by atoms with Crippen molar-refractivity contribution in [2.24, 2.45) is 0 Å². The van der Waals surface area contributed by atoms with Crippen molar-refractivity contribution in [3.8, 4) is 5.75 Å². The molecule has 1 amide bonds. The number of amides is 1. The average molecular weight is 346 g/mol. The van der Waals surface area contributed by atoms with E-state index in [-0.39, 0.29) is 22.8 Å². The van der Waals surface area contributed by atoms with Gasteiger partial charge in [0.15, 0.2) is 11.8 Å². The van der Waals surface area contributed by atoms with Crippen LogP contribution in [0.15, 0.2) is 36.8 Å². The normalized spacial score (nSPS) is 11.3. The van der Waals surface area contributed by atoms with Crippen LogP contribution in [0, 0.1) is 10.1 Å². The molecular weight excluding hydrogens is 332 g/mol. The van der Waals surface area contributed by atoms with Crippen molar-refractivity contribution in [1.29, 1.82) is 0 Å². The van der Waals surface area contributed by atoms with Gasteiger partial charge in [0, 0.05) is 24.5 Å². The third kappa shape index (κ3) is 4.47. The summed E-state index contributed by atoms with van der Waals surface area (Å²) in [6.45, 7) is 1.35. The minimum Gasteiger partial charge on any atom is -0.495 e. The summed E-state index contributed by atoms with van der Waals surface area (Å²) in [5.74, 6) is -1.27. The SMILES string of the molecule is COc1ccc([N+](=O)[O-])cc1NC(=O)[C@H](C)OC(=O)c1cnccn1. The topological polar surface area (TPSA) is 134 Å².